The van der Waals surface area contributed by atoms with Gasteiger partial charge in [-0.05, 0) is 25.2 Å². The summed E-state index contributed by atoms with van der Waals surface area (Å²) >= 11 is 0. The van der Waals surface area contributed by atoms with E-state index in [0.717, 1.165) is 12.8 Å². The van der Waals surface area contributed by atoms with Crippen molar-refractivity contribution in [2.24, 2.45) is 17.8 Å². The number of likely N-dealkylation sites (tertiary alicyclic amines) is 1. The van der Waals surface area contributed by atoms with Crippen molar-refractivity contribution in [3.05, 3.63) is 0 Å². The van der Waals surface area contributed by atoms with Gasteiger partial charge in [0.1, 0.15) is 0 Å². The highest BCUT2D eigenvalue weighted by Crippen LogP contribution is 2.42. The van der Waals surface area contributed by atoms with Crippen molar-refractivity contribution >= 4 is 11.8 Å². The predicted octanol–water partition coefficient (Wildman–Crippen LogP) is 0.400. The van der Waals surface area contributed by atoms with E-state index in [1.54, 1.807) is 0 Å². The summed E-state index contributed by atoms with van der Waals surface area (Å²) in [5, 5.41) is 8.69. The summed E-state index contributed by atoms with van der Waals surface area (Å²) in [5.41, 5.74) is 0. The fourth-order valence-corrected chi connectivity index (χ4v) is 2.80. The van der Waals surface area contributed by atoms with Crippen LogP contribution in [-0.4, -0.2) is 35.0 Å². The van der Waals surface area contributed by atoms with Gasteiger partial charge in [0.25, 0.3) is 0 Å². The van der Waals surface area contributed by atoms with Gasteiger partial charge in [-0.2, -0.15) is 0 Å². The maximum atomic E-state index is 11.9. The van der Waals surface area contributed by atoms with E-state index in [9.17, 15) is 9.59 Å². The molecule has 0 aromatic carbocycles. The second kappa shape index (κ2) is 3.93. The molecule has 1 heterocycles. The largest absolute Gasteiger partial charge is 0.396 e. The van der Waals surface area contributed by atoms with Gasteiger partial charge < -0.3 is 5.11 Å². The number of imide groups is 1. The van der Waals surface area contributed by atoms with Crippen LogP contribution in [0.25, 0.3) is 0 Å². The summed E-state index contributed by atoms with van der Waals surface area (Å²) in [7, 11) is 0. The fraction of sp³-hybridized carbons (Fsp3) is 0.818. The Morgan fingerprint density at radius 2 is 1.80 bits per heavy atom. The van der Waals surface area contributed by atoms with E-state index in [1.165, 1.54) is 4.90 Å². The first-order chi connectivity index (χ1) is 7.15. The highest BCUT2D eigenvalue weighted by molar-refractivity contribution is 6.05. The van der Waals surface area contributed by atoms with Crippen molar-refractivity contribution in [2.45, 2.75) is 26.2 Å². The van der Waals surface area contributed by atoms with Gasteiger partial charge in [-0.15, -0.1) is 0 Å². The van der Waals surface area contributed by atoms with E-state index in [-0.39, 0.29) is 30.3 Å². The third-order valence-corrected chi connectivity index (χ3v) is 3.50. The molecule has 0 aromatic heterocycles. The summed E-state index contributed by atoms with van der Waals surface area (Å²) in [5.74, 6) is 0.343. The lowest BCUT2D eigenvalue weighted by atomic mass is 10.00. The molecule has 2 rings (SSSR count). The van der Waals surface area contributed by atoms with Crippen molar-refractivity contribution in [2.75, 3.05) is 13.2 Å². The van der Waals surface area contributed by atoms with Gasteiger partial charge in [0.15, 0.2) is 0 Å². The van der Waals surface area contributed by atoms with Crippen LogP contribution in [0, 0.1) is 17.8 Å². The van der Waals surface area contributed by atoms with Crippen LogP contribution in [-0.2, 0) is 9.59 Å². The van der Waals surface area contributed by atoms with Crippen LogP contribution in [0.1, 0.15) is 26.2 Å². The number of carbonyl (C=O) groups is 2. The van der Waals surface area contributed by atoms with Crippen LogP contribution in [0.3, 0.4) is 0 Å². The Morgan fingerprint density at radius 1 is 1.27 bits per heavy atom. The Balaban J connectivity index is 2.06. The molecule has 4 nitrogen and oxygen atoms in total. The van der Waals surface area contributed by atoms with Crippen LogP contribution in [0.4, 0.5) is 0 Å². The quantitative estimate of drug-likeness (QED) is 0.687. The number of aliphatic hydroxyl groups is 1. The van der Waals surface area contributed by atoms with E-state index >= 15 is 0 Å². The van der Waals surface area contributed by atoms with Gasteiger partial charge >= 0.3 is 0 Å². The van der Waals surface area contributed by atoms with Crippen molar-refractivity contribution in [3.8, 4) is 0 Å². The first-order valence-corrected chi connectivity index (χ1v) is 5.61. The van der Waals surface area contributed by atoms with Crippen molar-refractivity contribution in [3.63, 3.8) is 0 Å². The maximum absolute atomic E-state index is 11.9. The summed E-state index contributed by atoms with van der Waals surface area (Å²) < 4.78 is 0. The highest BCUT2D eigenvalue weighted by atomic mass is 16.3. The summed E-state index contributed by atoms with van der Waals surface area (Å²) in [6, 6.07) is 0. The number of hydrogen-bond donors (Lipinski definition) is 1. The van der Waals surface area contributed by atoms with E-state index in [4.69, 9.17) is 5.11 Å². The molecule has 1 saturated carbocycles. The van der Waals surface area contributed by atoms with Gasteiger partial charge in [0, 0.05) is 13.2 Å². The lowest BCUT2D eigenvalue weighted by molar-refractivity contribution is -0.140. The third kappa shape index (κ3) is 1.67. The molecule has 1 aliphatic carbocycles. The molecule has 0 bridgehead atoms. The van der Waals surface area contributed by atoms with Gasteiger partial charge in [0.2, 0.25) is 11.8 Å². The van der Waals surface area contributed by atoms with E-state index < -0.39 is 0 Å². The zero-order valence-electron chi connectivity index (χ0n) is 8.98. The smallest absolute Gasteiger partial charge is 0.233 e. The van der Waals surface area contributed by atoms with Crippen molar-refractivity contribution < 1.29 is 14.7 Å². The van der Waals surface area contributed by atoms with Crippen LogP contribution < -0.4 is 0 Å². The average molecular weight is 211 g/mol. The minimum absolute atomic E-state index is 0.0113. The fourth-order valence-electron chi connectivity index (χ4n) is 2.80. The van der Waals surface area contributed by atoms with E-state index in [1.807, 2.05) is 0 Å². The monoisotopic (exact) mass is 211 g/mol. The van der Waals surface area contributed by atoms with Crippen LogP contribution in [0.2, 0.25) is 0 Å². The first-order valence-electron chi connectivity index (χ1n) is 5.61. The van der Waals surface area contributed by atoms with Gasteiger partial charge in [-0.3, -0.25) is 14.5 Å². The molecule has 1 saturated heterocycles. The van der Waals surface area contributed by atoms with Crippen molar-refractivity contribution in [1.29, 1.82) is 0 Å². The predicted molar refractivity (Wildman–Crippen MR) is 53.8 cm³/mol. The molecule has 0 aromatic rings. The summed E-state index contributed by atoms with van der Waals surface area (Å²) in [6.45, 7) is 2.51. The number of rotatable bonds is 3. The molecule has 15 heavy (non-hydrogen) atoms. The Hall–Kier alpha value is -0.900. The molecule has 2 amide bonds. The summed E-state index contributed by atoms with van der Waals surface area (Å²) in [4.78, 5) is 25.1. The molecule has 2 unspecified atom stereocenters. The van der Waals surface area contributed by atoms with Gasteiger partial charge in [-0.1, -0.05) is 6.92 Å². The number of fused-ring (bicyclic) bond motifs is 1. The SMILES string of the molecule is CC1CC2C(=O)N(CCCO)C(=O)C2C1. The average Bonchev–Trinajstić information content (AvgIpc) is 2.67. The molecule has 2 aliphatic rings. The Kier molecular flexibility index (Phi) is 2.78. The number of aliphatic hydroxyl groups excluding tert-OH is 1. The topological polar surface area (TPSA) is 57.6 Å². The lowest BCUT2D eigenvalue weighted by Crippen LogP contribution is -2.33. The molecule has 0 radical (unpaired) electrons. The standard InChI is InChI=1S/C11H17NO3/c1-7-5-8-9(6-7)11(15)12(10(8)14)3-2-4-13/h7-9,13H,2-6H2,1H3. The van der Waals surface area contributed by atoms with Gasteiger partial charge in [0.05, 0.1) is 11.8 Å². The zero-order chi connectivity index (χ0) is 11.0. The molecule has 2 atom stereocenters. The zero-order valence-corrected chi connectivity index (χ0v) is 8.98. The molecular formula is C11H17NO3. The summed E-state index contributed by atoms with van der Waals surface area (Å²) in [6.07, 6.45) is 2.20. The number of carbonyl (C=O) groups excluding carboxylic acids is 2. The molecular weight excluding hydrogens is 194 g/mol. The highest BCUT2D eigenvalue weighted by Gasteiger charge is 2.51. The number of nitrogens with zero attached hydrogens (tertiary/aromatic N) is 1. The minimum Gasteiger partial charge on any atom is -0.396 e. The Labute approximate surface area is 89.3 Å². The number of amides is 2. The molecule has 1 aliphatic heterocycles. The van der Waals surface area contributed by atoms with E-state index in [2.05, 4.69) is 6.92 Å². The molecule has 4 heteroatoms. The van der Waals surface area contributed by atoms with Crippen LogP contribution in [0.15, 0.2) is 0 Å². The normalized spacial score (nSPS) is 35.1. The molecule has 1 N–H and O–H groups in total. The van der Waals surface area contributed by atoms with Gasteiger partial charge in [-0.25, -0.2) is 0 Å². The minimum atomic E-state index is -0.0637. The maximum Gasteiger partial charge on any atom is 0.233 e. The van der Waals surface area contributed by atoms with Crippen molar-refractivity contribution in [1.82, 2.24) is 4.90 Å². The first kappa shape index (κ1) is 10.6. The second-order valence-electron chi connectivity index (χ2n) is 4.69. The van der Waals surface area contributed by atoms with Crippen LogP contribution in [0.5, 0.6) is 0 Å². The Bertz CT molecular complexity index is 266. The molecule has 2 fully saturated rings. The molecule has 0 spiro atoms. The van der Waals surface area contributed by atoms with E-state index in [0.29, 0.717) is 18.9 Å². The second-order valence-corrected chi connectivity index (χ2v) is 4.69. The van der Waals surface area contributed by atoms with Crippen LogP contribution >= 0.6 is 0 Å². The number of hydrogen-bond acceptors (Lipinski definition) is 3. The lowest BCUT2D eigenvalue weighted by Gasteiger charge is -2.15. The molecule has 84 valence electrons. The third-order valence-electron chi connectivity index (χ3n) is 3.50. The Morgan fingerprint density at radius 3 is 2.27 bits per heavy atom.